The number of carbonyl (C=O) groups excluding carboxylic acids is 2. The van der Waals surface area contributed by atoms with Gasteiger partial charge in [-0.3, -0.25) is 4.79 Å². The van der Waals surface area contributed by atoms with Gasteiger partial charge in [0, 0.05) is 23.8 Å². The van der Waals surface area contributed by atoms with E-state index < -0.39 is 16.0 Å². The molecular weight excluding hydrogens is 392 g/mol. The number of fused-ring (bicyclic) bond motifs is 1. The molecule has 0 aromatic heterocycles. The monoisotopic (exact) mass is 416 g/mol. The molecule has 0 fully saturated rings. The van der Waals surface area contributed by atoms with Gasteiger partial charge in [-0.25, -0.2) is 17.9 Å². The van der Waals surface area contributed by atoms with Crippen LogP contribution in [0.5, 0.6) is 0 Å². The lowest BCUT2D eigenvalue weighted by Gasteiger charge is -2.30. The van der Waals surface area contributed by atoms with Crippen LogP contribution in [0.2, 0.25) is 0 Å². The highest BCUT2D eigenvalue weighted by molar-refractivity contribution is 7.89. The molecule has 0 atom stereocenters. The minimum absolute atomic E-state index is 0.106. The summed E-state index contributed by atoms with van der Waals surface area (Å²) in [6.07, 6.45) is 1.40. The lowest BCUT2D eigenvalue weighted by Crippen LogP contribution is -2.36. The van der Waals surface area contributed by atoms with Gasteiger partial charge >= 0.3 is 5.97 Å². The fraction of sp³-hybridized carbons (Fsp3) is 0.333. The fourth-order valence-corrected chi connectivity index (χ4v) is 4.70. The van der Waals surface area contributed by atoms with Crippen LogP contribution in [0, 0.1) is 0 Å². The Morgan fingerprint density at radius 1 is 1.10 bits per heavy atom. The van der Waals surface area contributed by atoms with E-state index >= 15 is 0 Å². The van der Waals surface area contributed by atoms with Gasteiger partial charge in [0.15, 0.2) is 0 Å². The molecule has 0 saturated heterocycles. The summed E-state index contributed by atoms with van der Waals surface area (Å²) < 4.78 is 31.9. The van der Waals surface area contributed by atoms with Crippen LogP contribution in [0.1, 0.15) is 46.5 Å². The number of sulfonamides is 1. The summed E-state index contributed by atoms with van der Waals surface area (Å²) in [6.45, 7) is 4.00. The highest BCUT2D eigenvalue weighted by atomic mass is 32.2. The Kier molecular flexibility index (Phi) is 6.04. The lowest BCUT2D eigenvalue weighted by molar-refractivity contribution is 0.0599. The summed E-state index contributed by atoms with van der Waals surface area (Å²) in [7, 11) is -2.29. The third-order valence-electron chi connectivity index (χ3n) is 4.70. The fourth-order valence-electron chi connectivity index (χ4n) is 3.45. The Balaban J connectivity index is 1.90. The SMILES string of the molecule is COC(=O)c1cccc2c1CCCN2C(=O)c1ccc(S(=O)(=O)NC(C)C)cc1. The Morgan fingerprint density at radius 2 is 1.79 bits per heavy atom. The first-order chi connectivity index (χ1) is 13.7. The molecule has 1 N–H and O–H groups in total. The average Bonchev–Trinajstić information content (AvgIpc) is 2.71. The van der Waals surface area contributed by atoms with Crippen molar-refractivity contribution >= 4 is 27.6 Å². The van der Waals surface area contributed by atoms with Crippen LogP contribution in [0.15, 0.2) is 47.4 Å². The number of amides is 1. The van der Waals surface area contributed by atoms with Crippen molar-refractivity contribution in [3.8, 4) is 0 Å². The van der Waals surface area contributed by atoms with Crippen LogP contribution >= 0.6 is 0 Å². The molecule has 7 nitrogen and oxygen atoms in total. The second-order valence-corrected chi connectivity index (χ2v) is 8.87. The molecule has 29 heavy (non-hydrogen) atoms. The van der Waals surface area contributed by atoms with Crippen molar-refractivity contribution in [2.45, 2.75) is 37.6 Å². The molecule has 2 aromatic carbocycles. The molecule has 1 aliphatic heterocycles. The molecule has 154 valence electrons. The summed E-state index contributed by atoms with van der Waals surface area (Å²) in [5, 5.41) is 0. The number of nitrogens with one attached hydrogen (secondary N) is 1. The van der Waals surface area contributed by atoms with Gasteiger partial charge in [-0.15, -0.1) is 0 Å². The van der Waals surface area contributed by atoms with Crippen molar-refractivity contribution in [3.05, 3.63) is 59.2 Å². The van der Waals surface area contributed by atoms with Gasteiger partial charge in [0.05, 0.1) is 17.6 Å². The number of anilines is 1. The van der Waals surface area contributed by atoms with Crippen LogP contribution in [0.3, 0.4) is 0 Å². The maximum Gasteiger partial charge on any atom is 0.338 e. The van der Waals surface area contributed by atoms with Crippen molar-refractivity contribution in [2.24, 2.45) is 0 Å². The molecule has 2 aromatic rings. The number of hydrogen-bond donors (Lipinski definition) is 1. The zero-order valence-electron chi connectivity index (χ0n) is 16.6. The molecule has 0 unspecified atom stereocenters. The van der Waals surface area contributed by atoms with Crippen LogP contribution < -0.4 is 9.62 Å². The van der Waals surface area contributed by atoms with E-state index in [1.54, 1.807) is 30.9 Å². The van der Waals surface area contributed by atoms with E-state index in [4.69, 9.17) is 4.74 Å². The van der Waals surface area contributed by atoms with Gasteiger partial charge < -0.3 is 9.64 Å². The molecule has 3 rings (SSSR count). The van der Waals surface area contributed by atoms with E-state index in [1.807, 2.05) is 6.07 Å². The predicted molar refractivity (Wildman–Crippen MR) is 110 cm³/mol. The molecular formula is C21H24N2O5S. The molecule has 0 saturated carbocycles. The quantitative estimate of drug-likeness (QED) is 0.757. The molecule has 0 spiro atoms. The molecule has 0 bridgehead atoms. The lowest BCUT2D eigenvalue weighted by atomic mass is 9.95. The van der Waals surface area contributed by atoms with Gasteiger partial charge in [0.2, 0.25) is 10.0 Å². The zero-order valence-corrected chi connectivity index (χ0v) is 17.5. The van der Waals surface area contributed by atoms with E-state index in [2.05, 4.69) is 4.72 Å². The summed E-state index contributed by atoms with van der Waals surface area (Å²) in [5.74, 6) is -0.669. The van der Waals surface area contributed by atoms with Gasteiger partial charge in [-0.2, -0.15) is 0 Å². The van der Waals surface area contributed by atoms with Crippen LogP contribution in [-0.2, 0) is 21.2 Å². The topological polar surface area (TPSA) is 92.8 Å². The number of ether oxygens (including phenoxy) is 1. The first-order valence-electron chi connectivity index (χ1n) is 9.39. The summed E-state index contributed by atoms with van der Waals surface area (Å²) >= 11 is 0. The second kappa shape index (κ2) is 8.34. The Morgan fingerprint density at radius 3 is 2.41 bits per heavy atom. The summed E-state index contributed by atoms with van der Waals surface area (Å²) in [4.78, 5) is 26.9. The number of carbonyl (C=O) groups is 2. The Labute approximate surface area is 170 Å². The van der Waals surface area contributed by atoms with E-state index in [9.17, 15) is 18.0 Å². The van der Waals surface area contributed by atoms with Gasteiger partial charge in [0.1, 0.15) is 0 Å². The number of hydrogen-bond acceptors (Lipinski definition) is 5. The normalized spacial score (nSPS) is 13.9. The number of nitrogens with zero attached hydrogens (tertiary/aromatic N) is 1. The molecule has 0 radical (unpaired) electrons. The van der Waals surface area contributed by atoms with Gasteiger partial charge in [-0.1, -0.05) is 6.07 Å². The number of benzene rings is 2. The second-order valence-electron chi connectivity index (χ2n) is 7.16. The van der Waals surface area contributed by atoms with Crippen molar-refractivity contribution < 1.29 is 22.7 Å². The molecule has 8 heteroatoms. The smallest absolute Gasteiger partial charge is 0.338 e. The van der Waals surface area contributed by atoms with Crippen LogP contribution in [0.25, 0.3) is 0 Å². The molecule has 0 aliphatic carbocycles. The largest absolute Gasteiger partial charge is 0.465 e. The van der Waals surface area contributed by atoms with Crippen molar-refractivity contribution in [1.82, 2.24) is 4.72 Å². The number of rotatable bonds is 5. The van der Waals surface area contributed by atoms with Crippen molar-refractivity contribution in [2.75, 3.05) is 18.6 Å². The van der Waals surface area contributed by atoms with E-state index in [0.29, 0.717) is 29.8 Å². The minimum Gasteiger partial charge on any atom is -0.465 e. The van der Waals surface area contributed by atoms with Crippen molar-refractivity contribution in [1.29, 1.82) is 0 Å². The minimum atomic E-state index is -3.62. The van der Waals surface area contributed by atoms with E-state index in [-0.39, 0.29) is 16.8 Å². The first-order valence-corrected chi connectivity index (χ1v) is 10.9. The van der Waals surface area contributed by atoms with Crippen molar-refractivity contribution in [3.63, 3.8) is 0 Å². The summed E-state index contributed by atoms with van der Waals surface area (Å²) in [5.41, 5.74) is 2.31. The third kappa shape index (κ3) is 4.33. The maximum absolute atomic E-state index is 13.1. The maximum atomic E-state index is 13.1. The molecule has 1 heterocycles. The first kappa shape index (κ1) is 21.0. The number of methoxy groups -OCH3 is 1. The standard InChI is InChI=1S/C21H24N2O5S/c1-14(2)22-29(26,27)16-11-9-15(10-12-16)20(24)23-13-5-7-17-18(21(25)28-3)6-4-8-19(17)23/h4,6,8-12,14,22H,5,7,13H2,1-3H3. The predicted octanol–water partition coefficient (Wildman–Crippen LogP) is 2.75. The Hall–Kier alpha value is -2.71. The van der Waals surface area contributed by atoms with Gasteiger partial charge in [0.25, 0.3) is 5.91 Å². The van der Waals surface area contributed by atoms with E-state index in [1.165, 1.54) is 31.4 Å². The summed E-state index contributed by atoms with van der Waals surface area (Å²) in [6, 6.07) is 10.9. The highest BCUT2D eigenvalue weighted by Gasteiger charge is 2.27. The van der Waals surface area contributed by atoms with Crippen LogP contribution in [0.4, 0.5) is 5.69 Å². The zero-order chi connectivity index (χ0) is 21.2. The van der Waals surface area contributed by atoms with Gasteiger partial charge in [-0.05, 0) is 68.7 Å². The molecule has 1 aliphatic rings. The van der Waals surface area contributed by atoms with E-state index in [0.717, 1.165) is 12.0 Å². The number of esters is 1. The van der Waals surface area contributed by atoms with Crippen LogP contribution in [-0.4, -0.2) is 40.0 Å². The molecule has 1 amide bonds. The Bertz CT molecular complexity index is 1030. The average molecular weight is 416 g/mol. The third-order valence-corrected chi connectivity index (χ3v) is 6.38. The highest BCUT2D eigenvalue weighted by Crippen LogP contribution is 2.31.